The average Bonchev–Trinajstić information content (AvgIpc) is 2.60. The van der Waals surface area contributed by atoms with E-state index in [0.717, 1.165) is 37.0 Å². The molecule has 0 aliphatic heterocycles. The highest BCUT2D eigenvalue weighted by molar-refractivity contribution is 7.98. The van der Waals surface area contributed by atoms with E-state index in [0.29, 0.717) is 6.04 Å². The van der Waals surface area contributed by atoms with E-state index in [4.69, 9.17) is 4.74 Å². The van der Waals surface area contributed by atoms with Crippen molar-refractivity contribution in [1.82, 2.24) is 9.55 Å². The Balaban J connectivity index is 2.57. The van der Waals surface area contributed by atoms with Gasteiger partial charge in [-0.3, -0.25) is 0 Å². The maximum Gasteiger partial charge on any atom is 0.203 e. The minimum atomic E-state index is 0.438. The van der Waals surface area contributed by atoms with Crippen LogP contribution in [-0.2, 0) is 11.3 Å². The van der Waals surface area contributed by atoms with Gasteiger partial charge in [0.2, 0.25) is 5.95 Å². The third-order valence-corrected chi connectivity index (χ3v) is 3.27. The highest BCUT2D eigenvalue weighted by Gasteiger charge is 2.08. The van der Waals surface area contributed by atoms with Crippen LogP contribution in [-0.4, -0.2) is 41.3 Å². The van der Waals surface area contributed by atoms with Crippen molar-refractivity contribution in [3.05, 3.63) is 11.9 Å². The predicted molar refractivity (Wildman–Crippen MR) is 74.9 cm³/mol. The van der Waals surface area contributed by atoms with Crippen LogP contribution in [0.1, 0.15) is 19.0 Å². The molecule has 1 unspecified atom stereocenters. The van der Waals surface area contributed by atoms with Crippen LogP contribution in [0.2, 0.25) is 0 Å². The summed E-state index contributed by atoms with van der Waals surface area (Å²) in [5.41, 5.74) is 1.06. The highest BCUT2D eigenvalue weighted by Crippen LogP contribution is 2.12. The first-order valence-corrected chi connectivity index (χ1v) is 7.35. The molecular weight excluding hydrogens is 234 g/mol. The lowest BCUT2D eigenvalue weighted by molar-refractivity contribution is 0.190. The Bertz CT molecular complexity index is 328. The first-order chi connectivity index (χ1) is 8.17. The van der Waals surface area contributed by atoms with E-state index in [1.54, 1.807) is 7.11 Å². The predicted octanol–water partition coefficient (Wildman–Crippen LogP) is 2.39. The zero-order valence-corrected chi connectivity index (χ0v) is 12.0. The molecule has 5 heteroatoms. The molecule has 0 saturated carbocycles. The molecule has 98 valence electrons. The van der Waals surface area contributed by atoms with Gasteiger partial charge >= 0.3 is 0 Å². The van der Waals surface area contributed by atoms with E-state index in [9.17, 15) is 0 Å². The summed E-state index contributed by atoms with van der Waals surface area (Å²) in [6.45, 7) is 5.94. The Labute approximate surface area is 108 Å². The van der Waals surface area contributed by atoms with Gasteiger partial charge in [0.25, 0.3) is 0 Å². The second kappa shape index (κ2) is 7.61. The molecule has 0 radical (unpaired) electrons. The lowest BCUT2D eigenvalue weighted by atomic mass is 10.4. The van der Waals surface area contributed by atoms with E-state index in [-0.39, 0.29) is 0 Å². The number of hydrogen-bond donors (Lipinski definition) is 1. The van der Waals surface area contributed by atoms with E-state index in [1.807, 2.05) is 18.7 Å². The van der Waals surface area contributed by atoms with Gasteiger partial charge in [-0.2, -0.15) is 11.8 Å². The number of anilines is 1. The summed E-state index contributed by atoms with van der Waals surface area (Å²) in [5.74, 6) is 2.06. The van der Waals surface area contributed by atoms with Gasteiger partial charge in [0.05, 0.1) is 5.69 Å². The molecule has 0 fully saturated rings. The molecule has 1 rings (SSSR count). The number of hydrogen-bond acceptors (Lipinski definition) is 4. The topological polar surface area (TPSA) is 39.1 Å². The molecular formula is C12H23N3OS. The highest BCUT2D eigenvalue weighted by atomic mass is 32.2. The monoisotopic (exact) mass is 257 g/mol. The molecule has 0 aliphatic rings. The van der Waals surface area contributed by atoms with Gasteiger partial charge < -0.3 is 14.6 Å². The Morgan fingerprint density at radius 1 is 1.59 bits per heavy atom. The summed E-state index contributed by atoms with van der Waals surface area (Å²) in [5, 5.41) is 3.45. The minimum Gasteiger partial charge on any atom is -0.385 e. The number of methoxy groups -OCH3 is 1. The zero-order valence-electron chi connectivity index (χ0n) is 11.2. The van der Waals surface area contributed by atoms with Gasteiger partial charge in [0.1, 0.15) is 0 Å². The average molecular weight is 257 g/mol. The summed E-state index contributed by atoms with van der Waals surface area (Å²) < 4.78 is 7.24. The number of aryl methyl sites for hydroxylation is 2. The first-order valence-electron chi connectivity index (χ1n) is 5.95. The second-order valence-electron chi connectivity index (χ2n) is 4.25. The molecule has 0 bridgehead atoms. The number of rotatable bonds is 8. The maximum atomic E-state index is 5.07. The summed E-state index contributed by atoms with van der Waals surface area (Å²) in [6.07, 6.45) is 5.22. The van der Waals surface area contributed by atoms with Crippen molar-refractivity contribution in [1.29, 1.82) is 0 Å². The van der Waals surface area contributed by atoms with E-state index in [2.05, 4.69) is 34.2 Å². The molecule has 1 atom stereocenters. The fourth-order valence-electron chi connectivity index (χ4n) is 1.72. The van der Waals surface area contributed by atoms with Gasteiger partial charge in [-0.25, -0.2) is 4.98 Å². The number of nitrogens with zero attached hydrogens (tertiary/aromatic N) is 2. The van der Waals surface area contributed by atoms with Crippen LogP contribution in [0.3, 0.4) is 0 Å². The third-order valence-electron chi connectivity index (χ3n) is 2.44. The van der Waals surface area contributed by atoms with Gasteiger partial charge in [-0.15, -0.1) is 0 Å². The Morgan fingerprint density at radius 2 is 2.35 bits per heavy atom. The van der Waals surface area contributed by atoms with Gasteiger partial charge in [-0.05, 0) is 26.5 Å². The van der Waals surface area contributed by atoms with Gasteiger partial charge in [-0.1, -0.05) is 0 Å². The Morgan fingerprint density at radius 3 is 3.00 bits per heavy atom. The molecule has 4 nitrogen and oxygen atoms in total. The number of nitrogens with one attached hydrogen (secondary N) is 1. The number of thioether (sulfide) groups is 1. The summed E-state index contributed by atoms with van der Waals surface area (Å²) >= 11 is 1.84. The fraction of sp³-hybridized carbons (Fsp3) is 0.750. The number of imidazole rings is 1. The summed E-state index contributed by atoms with van der Waals surface area (Å²) in [7, 11) is 1.73. The molecule has 0 spiro atoms. The van der Waals surface area contributed by atoms with Gasteiger partial charge in [0.15, 0.2) is 0 Å². The molecule has 1 aromatic rings. The minimum absolute atomic E-state index is 0.438. The standard InChI is InChI=1S/C12H23N3OS/c1-10-8-15(6-5-7-16-3)12(13-10)14-11(2)9-17-4/h8,11H,5-7,9H2,1-4H3,(H,13,14). The van der Waals surface area contributed by atoms with Crippen LogP contribution in [0.5, 0.6) is 0 Å². The lowest BCUT2D eigenvalue weighted by Crippen LogP contribution is -2.20. The molecule has 1 aromatic heterocycles. The van der Waals surface area contributed by atoms with E-state index < -0.39 is 0 Å². The zero-order chi connectivity index (χ0) is 12.7. The van der Waals surface area contributed by atoms with Crippen molar-refractivity contribution in [2.75, 3.05) is 31.0 Å². The van der Waals surface area contributed by atoms with Crippen molar-refractivity contribution >= 4 is 17.7 Å². The fourth-order valence-corrected chi connectivity index (χ4v) is 2.31. The normalized spacial score (nSPS) is 12.7. The van der Waals surface area contributed by atoms with Crippen LogP contribution in [0.4, 0.5) is 5.95 Å². The van der Waals surface area contributed by atoms with Crippen molar-refractivity contribution in [2.24, 2.45) is 0 Å². The number of aromatic nitrogens is 2. The molecule has 0 amide bonds. The van der Waals surface area contributed by atoms with Crippen LogP contribution in [0.25, 0.3) is 0 Å². The summed E-state index contributed by atoms with van der Waals surface area (Å²) in [6, 6.07) is 0.438. The van der Waals surface area contributed by atoms with Crippen LogP contribution in [0.15, 0.2) is 6.20 Å². The second-order valence-corrected chi connectivity index (χ2v) is 5.16. The SMILES string of the molecule is COCCCn1cc(C)nc1NC(C)CSC. The molecule has 0 aromatic carbocycles. The lowest BCUT2D eigenvalue weighted by Gasteiger charge is -2.14. The third kappa shape index (κ3) is 5.00. The Kier molecular flexibility index (Phi) is 6.44. The smallest absolute Gasteiger partial charge is 0.203 e. The summed E-state index contributed by atoms with van der Waals surface area (Å²) in [4.78, 5) is 4.51. The van der Waals surface area contributed by atoms with E-state index >= 15 is 0 Å². The van der Waals surface area contributed by atoms with Crippen molar-refractivity contribution in [3.63, 3.8) is 0 Å². The van der Waals surface area contributed by atoms with Crippen LogP contribution in [0, 0.1) is 6.92 Å². The van der Waals surface area contributed by atoms with Crippen LogP contribution >= 0.6 is 11.8 Å². The van der Waals surface area contributed by atoms with E-state index in [1.165, 1.54) is 0 Å². The molecule has 0 aliphatic carbocycles. The first kappa shape index (κ1) is 14.4. The molecule has 1 heterocycles. The van der Waals surface area contributed by atoms with Crippen molar-refractivity contribution in [2.45, 2.75) is 32.9 Å². The quantitative estimate of drug-likeness (QED) is 0.726. The van der Waals surface area contributed by atoms with Crippen molar-refractivity contribution in [3.8, 4) is 0 Å². The molecule has 0 saturated heterocycles. The number of ether oxygens (including phenoxy) is 1. The maximum absolute atomic E-state index is 5.07. The van der Waals surface area contributed by atoms with Crippen molar-refractivity contribution < 1.29 is 4.74 Å². The van der Waals surface area contributed by atoms with Gasteiger partial charge in [0, 0.05) is 38.3 Å². The van der Waals surface area contributed by atoms with Crippen LogP contribution < -0.4 is 5.32 Å². The molecule has 1 N–H and O–H groups in total. The molecule has 17 heavy (non-hydrogen) atoms. The Hall–Kier alpha value is -0.680. The largest absolute Gasteiger partial charge is 0.385 e.